The topological polar surface area (TPSA) is 79.3 Å². The van der Waals surface area contributed by atoms with Crippen LogP contribution in [0, 0.1) is 5.41 Å². The Labute approximate surface area is 106 Å². The zero-order valence-electron chi connectivity index (χ0n) is 10.6. The van der Waals surface area contributed by atoms with Crippen LogP contribution < -0.4 is 5.32 Å². The molecule has 1 heterocycles. The lowest BCUT2D eigenvalue weighted by Crippen LogP contribution is -2.28. The number of aromatic nitrogens is 1. The van der Waals surface area contributed by atoms with Gasteiger partial charge in [0.2, 0.25) is 5.91 Å². The second kappa shape index (κ2) is 5.44. The lowest BCUT2D eigenvalue weighted by molar-refractivity contribution is -0.131. The van der Waals surface area contributed by atoms with Crippen molar-refractivity contribution in [3.05, 3.63) is 30.0 Å². The van der Waals surface area contributed by atoms with Gasteiger partial charge in [0.1, 0.15) is 5.82 Å². The van der Waals surface area contributed by atoms with Gasteiger partial charge in [-0.05, 0) is 18.2 Å². The van der Waals surface area contributed by atoms with Gasteiger partial charge in [0, 0.05) is 11.5 Å². The van der Waals surface area contributed by atoms with Crippen LogP contribution in [0.4, 0.5) is 5.82 Å². The number of nitrogens with zero attached hydrogens (tertiary/aromatic N) is 1. The number of carbonyl (C=O) groups is 2. The van der Waals surface area contributed by atoms with Crippen LogP contribution in [0.25, 0.3) is 6.08 Å². The summed E-state index contributed by atoms with van der Waals surface area (Å²) in [6, 6.07) is 5.01. The fourth-order valence-corrected chi connectivity index (χ4v) is 1.07. The van der Waals surface area contributed by atoms with Crippen LogP contribution in [-0.4, -0.2) is 22.0 Å². The van der Waals surface area contributed by atoms with Crippen LogP contribution in [0.1, 0.15) is 26.5 Å². The van der Waals surface area contributed by atoms with Crippen LogP contribution in [0.2, 0.25) is 0 Å². The van der Waals surface area contributed by atoms with Crippen molar-refractivity contribution in [3.63, 3.8) is 0 Å². The van der Waals surface area contributed by atoms with Gasteiger partial charge in [-0.25, -0.2) is 9.78 Å². The fraction of sp³-hybridized carbons (Fsp3) is 0.308. The van der Waals surface area contributed by atoms with E-state index in [4.69, 9.17) is 5.11 Å². The maximum atomic E-state index is 11.7. The summed E-state index contributed by atoms with van der Waals surface area (Å²) in [6.07, 6.45) is 2.37. The molecule has 96 valence electrons. The van der Waals surface area contributed by atoms with Gasteiger partial charge in [0.15, 0.2) is 0 Å². The molecule has 0 aromatic carbocycles. The van der Waals surface area contributed by atoms with Crippen molar-refractivity contribution in [2.24, 2.45) is 5.41 Å². The number of pyridine rings is 1. The van der Waals surface area contributed by atoms with E-state index in [1.807, 2.05) is 0 Å². The Hall–Kier alpha value is -2.17. The summed E-state index contributed by atoms with van der Waals surface area (Å²) >= 11 is 0. The summed E-state index contributed by atoms with van der Waals surface area (Å²) in [5.41, 5.74) is -0.0293. The average molecular weight is 248 g/mol. The monoisotopic (exact) mass is 248 g/mol. The van der Waals surface area contributed by atoms with Crippen LogP contribution in [-0.2, 0) is 9.59 Å². The number of nitrogens with one attached hydrogen (secondary N) is 1. The van der Waals surface area contributed by atoms with E-state index < -0.39 is 11.4 Å². The molecule has 0 aliphatic heterocycles. The molecule has 0 unspecified atom stereocenters. The molecule has 0 saturated heterocycles. The Morgan fingerprint density at radius 1 is 1.33 bits per heavy atom. The third-order valence-corrected chi connectivity index (χ3v) is 2.09. The molecule has 1 rings (SSSR count). The van der Waals surface area contributed by atoms with Crippen LogP contribution in [0.15, 0.2) is 24.3 Å². The third kappa shape index (κ3) is 4.37. The summed E-state index contributed by atoms with van der Waals surface area (Å²) in [5.74, 6) is -0.780. The molecule has 0 fully saturated rings. The van der Waals surface area contributed by atoms with Crippen molar-refractivity contribution in [2.75, 3.05) is 5.32 Å². The van der Waals surface area contributed by atoms with Gasteiger partial charge in [0.25, 0.3) is 0 Å². The summed E-state index contributed by atoms with van der Waals surface area (Å²) in [5, 5.41) is 11.2. The largest absolute Gasteiger partial charge is 0.478 e. The predicted octanol–water partition coefficient (Wildman–Crippen LogP) is 2.16. The zero-order chi connectivity index (χ0) is 13.8. The lowest BCUT2D eigenvalue weighted by atomic mass is 9.96. The smallest absolute Gasteiger partial charge is 0.328 e. The third-order valence-electron chi connectivity index (χ3n) is 2.09. The molecule has 0 atom stereocenters. The highest BCUT2D eigenvalue weighted by Crippen LogP contribution is 2.16. The molecule has 0 aliphatic carbocycles. The van der Waals surface area contributed by atoms with Crippen molar-refractivity contribution in [3.8, 4) is 0 Å². The van der Waals surface area contributed by atoms with E-state index in [2.05, 4.69) is 10.3 Å². The minimum Gasteiger partial charge on any atom is -0.478 e. The molecule has 0 saturated carbocycles. The predicted molar refractivity (Wildman–Crippen MR) is 69.0 cm³/mol. The van der Waals surface area contributed by atoms with Crippen LogP contribution in [0.3, 0.4) is 0 Å². The van der Waals surface area contributed by atoms with E-state index in [9.17, 15) is 9.59 Å². The first kappa shape index (κ1) is 13.9. The van der Waals surface area contributed by atoms with Gasteiger partial charge < -0.3 is 10.4 Å². The van der Waals surface area contributed by atoms with E-state index >= 15 is 0 Å². The molecule has 2 N–H and O–H groups in total. The van der Waals surface area contributed by atoms with E-state index in [-0.39, 0.29) is 5.91 Å². The highest BCUT2D eigenvalue weighted by molar-refractivity contribution is 5.93. The number of rotatable bonds is 3. The second-order valence-electron chi connectivity index (χ2n) is 4.82. The molecule has 5 nitrogen and oxygen atoms in total. The molecule has 5 heteroatoms. The Morgan fingerprint density at radius 2 is 2.00 bits per heavy atom. The van der Waals surface area contributed by atoms with Gasteiger partial charge in [0.05, 0.1) is 5.69 Å². The zero-order valence-corrected chi connectivity index (χ0v) is 10.6. The highest BCUT2D eigenvalue weighted by Gasteiger charge is 2.21. The van der Waals surface area contributed by atoms with Crippen LogP contribution in [0.5, 0.6) is 0 Å². The van der Waals surface area contributed by atoms with Crippen molar-refractivity contribution in [2.45, 2.75) is 20.8 Å². The molecule has 0 aliphatic rings. The number of hydrogen-bond donors (Lipinski definition) is 2. The van der Waals surface area contributed by atoms with Gasteiger partial charge in [-0.15, -0.1) is 0 Å². The average Bonchev–Trinajstić information content (AvgIpc) is 2.25. The highest BCUT2D eigenvalue weighted by atomic mass is 16.4. The van der Waals surface area contributed by atoms with Crippen molar-refractivity contribution < 1.29 is 14.7 Å². The minimum absolute atomic E-state index is 0.144. The van der Waals surface area contributed by atoms with E-state index in [0.717, 1.165) is 6.08 Å². The number of hydrogen-bond acceptors (Lipinski definition) is 3. The SMILES string of the molecule is CC(C)(C)C(=O)Nc1cccc(C=CC(=O)O)n1. The van der Waals surface area contributed by atoms with Gasteiger partial charge >= 0.3 is 5.97 Å². The summed E-state index contributed by atoms with van der Waals surface area (Å²) in [6.45, 7) is 5.41. The molecule has 0 spiro atoms. The molecule has 0 radical (unpaired) electrons. The quantitative estimate of drug-likeness (QED) is 0.803. The molecule has 1 aromatic rings. The molecular formula is C13H16N2O3. The number of aliphatic carboxylic acids is 1. The number of carboxylic acids is 1. The van der Waals surface area contributed by atoms with E-state index in [0.29, 0.717) is 11.5 Å². The van der Waals surface area contributed by atoms with Crippen molar-refractivity contribution in [1.29, 1.82) is 0 Å². The van der Waals surface area contributed by atoms with Gasteiger partial charge in [-0.1, -0.05) is 26.8 Å². The number of carboxylic acid groups (broad SMARTS) is 1. The first-order valence-electron chi connectivity index (χ1n) is 5.48. The van der Waals surface area contributed by atoms with Crippen LogP contribution >= 0.6 is 0 Å². The normalized spacial score (nSPS) is 11.5. The Bertz CT molecular complexity index is 487. The lowest BCUT2D eigenvalue weighted by Gasteiger charge is -2.17. The standard InChI is InChI=1S/C13H16N2O3/c1-13(2,3)12(18)15-10-6-4-5-9(14-10)7-8-11(16)17/h4-8H,1-3H3,(H,16,17)(H,14,15,18). The molecule has 0 bridgehead atoms. The molecule has 1 aromatic heterocycles. The maximum Gasteiger partial charge on any atom is 0.328 e. The number of carbonyl (C=O) groups excluding carboxylic acids is 1. The Morgan fingerprint density at radius 3 is 2.56 bits per heavy atom. The number of amides is 1. The minimum atomic E-state index is -1.04. The first-order chi connectivity index (χ1) is 8.29. The fourth-order valence-electron chi connectivity index (χ4n) is 1.07. The Balaban J connectivity index is 2.83. The van der Waals surface area contributed by atoms with Crippen molar-refractivity contribution >= 4 is 23.8 Å². The summed E-state index contributed by atoms with van der Waals surface area (Å²) < 4.78 is 0. The second-order valence-corrected chi connectivity index (χ2v) is 4.82. The number of anilines is 1. The first-order valence-corrected chi connectivity index (χ1v) is 5.48. The van der Waals surface area contributed by atoms with E-state index in [1.165, 1.54) is 6.08 Å². The Kier molecular flexibility index (Phi) is 4.20. The van der Waals surface area contributed by atoms with Crippen molar-refractivity contribution in [1.82, 2.24) is 4.98 Å². The summed E-state index contributed by atoms with van der Waals surface area (Å²) in [4.78, 5) is 26.2. The molecular weight excluding hydrogens is 232 g/mol. The molecule has 18 heavy (non-hydrogen) atoms. The molecule has 1 amide bonds. The van der Waals surface area contributed by atoms with Gasteiger partial charge in [-0.2, -0.15) is 0 Å². The maximum absolute atomic E-state index is 11.7. The van der Waals surface area contributed by atoms with E-state index in [1.54, 1.807) is 39.0 Å². The summed E-state index contributed by atoms with van der Waals surface area (Å²) in [7, 11) is 0. The van der Waals surface area contributed by atoms with Gasteiger partial charge in [-0.3, -0.25) is 4.79 Å².